The molecule has 2 aromatic rings. The van der Waals surface area contributed by atoms with Crippen LogP contribution >= 0.6 is 0 Å². The normalized spacial score (nSPS) is 13.7. The lowest BCUT2D eigenvalue weighted by Crippen LogP contribution is -2.58. The quantitative estimate of drug-likeness (QED) is 0.0984. The number of aromatic hydroxyl groups is 1. The maximum Gasteiger partial charge on any atom is 0.326 e. The predicted octanol–water partition coefficient (Wildman–Crippen LogP) is -2.10. The van der Waals surface area contributed by atoms with E-state index in [1.807, 2.05) is 0 Å². The van der Waals surface area contributed by atoms with Gasteiger partial charge in [-0.1, -0.05) is 12.1 Å². The first-order valence-corrected chi connectivity index (χ1v) is 12.5. The Balaban J connectivity index is 2.28. The van der Waals surface area contributed by atoms with Gasteiger partial charge in [0.1, 0.15) is 23.9 Å². The standard InChI is InChI=1S/C25H33N7O9/c26-16(5-8-21(35)36)22(37)31-19(10-14-11-28-12-29-14)24(39)32-18(9-13-1-3-15(33)4-2-13)23(38)30-17(25(40)41)6-7-20(27)34/h1-4,11-12,16-19,33H,5-10,26H2,(H2,27,34)(H,28,29)(H,30,38)(H,31,37)(H,32,39)(H,35,36)(H,40,41). The Morgan fingerprint density at radius 1 is 0.829 bits per heavy atom. The van der Waals surface area contributed by atoms with Gasteiger partial charge in [0.25, 0.3) is 0 Å². The number of aromatic nitrogens is 2. The molecule has 1 heterocycles. The molecule has 222 valence electrons. The van der Waals surface area contributed by atoms with Crippen LogP contribution in [0.1, 0.15) is 36.9 Å². The lowest BCUT2D eigenvalue weighted by atomic mass is 10.0. The summed E-state index contributed by atoms with van der Waals surface area (Å²) in [6.45, 7) is 0. The van der Waals surface area contributed by atoms with Crippen LogP contribution < -0.4 is 27.4 Å². The van der Waals surface area contributed by atoms with Crippen molar-refractivity contribution in [1.29, 1.82) is 0 Å². The zero-order valence-corrected chi connectivity index (χ0v) is 21.9. The number of primary amides is 1. The van der Waals surface area contributed by atoms with Crippen molar-refractivity contribution in [2.75, 3.05) is 0 Å². The minimum absolute atomic E-state index is 0.0437. The van der Waals surface area contributed by atoms with Crippen LogP contribution in [0.2, 0.25) is 0 Å². The van der Waals surface area contributed by atoms with Crippen LogP contribution in [0.15, 0.2) is 36.8 Å². The van der Waals surface area contributed by atoms with E-state index in [4.69, 9.17) is 16.6 Å². The second-order valence-corrected chi connectivity index (χ2v) is 9.22. The number of phenols is 1. The molecule has 0 aliphatic heterocycles. The summed E-state index contributed by atoms with van der Waals surface area (Å²) in [5.41, 5.74) is 11.8. The minimum atomic E-state index is -1.48. The average Bonchev–Trinajstić information content (AvgIpc) is 3.42. The molecule has 0 saturated heterocycles. The van der Waals surface area contributed by atoms with Gasteiger partial charge in [-0.25, -0.2) is 9.78 Å². The molecule has 1 aromatic carbocycles. The number of benzene rings is 1. The second-order valence-electron chi connectivity index (χ2n) is 9.22. The Kier molecular flexibility index (Phi) is 12.2. The summed E-state index contributed by atoms with van der Waals surface area (Å²) in [7, 11) is 0. The molecule has 0 fully saturated rings. The van der Waals surface area contributed by atoms with Gasteiger partial charge in [0.05, 0.1) is 12.4 Å². The molecule has 0 bridgehead atoms. The average molecular weight is 576 g/mol. The molecule has 41 heavy (non-hydrogen) atoms. The predicted molar refractivity (Wildman–Crippen MR) is 141 cm³/mol. The summed E-state index contributed by atoms with van der Waals surface area (Å²) in [6.07, 6.45) is 1.36. The first-order valence-electron chi connectivity index (χ1n) is 12.5. The molecule has 0 spiro atoms. The van der Waals surface area contributed by atoms with E-state index in [2.05, 4.69) is 25.9 Å². The van der Waals surface area contributed by atoms with Gasteiger partial charge in [-0.15, -0.1) is 0 Å². The summed E-state index contributed by atoms with van der Waals surface area (Å²) >= 11 is 0. The van der Waals surface area contributed by atoms with Crippen molar-refractivity contribution in [3.63, 3.8) is 0 Å². The van der Waals surface area contributed by atoms with Crippen molar-refractivity contribution in [2.45, 2.75) is 62.7 Å². The van der Waals surface area contributed by atoms with Crippen molar-refractivity contribution < 1.29 is 44.1 Å². The van der Waals surface area contributed by atoms with E-state index in [1.54, 1.807) is 0 Å². The second kappa shape index (κ2) is 15.6. The molecule has 1 aromatic heterocycles. The number of hydrogen-bond acceptors (Lipinski definition) is 9. The Morgan fingerprint density at radius 3 is 1.95 bits per heavy atom. The van der Waals surface area contributed by atoms with E-state index in [9.17, 15) is 39.0 Å². The highest BCUT2D eigenvalue weighted by Gasteiger charge is 2.31. The maximum atomic E-state index is 13.4. The van der Waals surface area contributed by atoms with Crippen LogP contribution in [0.3, 0.4) is 0 Å². The van der Waals surface area contributed by atoms with Crippen molar-refractivity contribution in [1.82, 2.24) is 25.9 Å². The number of aliphatic carboxylic acids is 2. The Bertz CT molecular complexity index is 1220. The molecule has 16 heteroatoms. The Hall–Kier alpha value is -4.99. The largest absolute Gasteiger partial charge is 0.508 e. The summed E-state index contributed by atoms with van der Waals surface area (Å²) in [5.74, 6) is -5.92. The van der Waals surface area contributed by atoms with Crippen LogP contribution in [0, 0.1) is 0 Å². The number of carbonyl (C=O) groups excluding carboxylic acids is 4. The lowest BCUT2D eigenvalue weighted by molar-refractivity contribution is -0.142. The highest BCUT2D eigenvalue weighted by Crippen LogP contribution is 2.12. The lowest BCUT2D eigenvalue weighted by Gasteiger charge is -2.25. The molecule has 0 aliphatic carbocycles. The SMILES string of the molecule is NC(=O)CCC(NC(=O)C(Cc1ccc(O)cc1)NC(=O)C(Cc1cnc[nH]1)NC(=O)C(N)CCC(=O)O)C(=O)O. The fourth-order valence-corrected chi connectivity index (χ4v) is 3.68. The molecular formula is C25H33N7O9. The van der Waals surface area contributed by atoms with Crippen molar-refractivity contribution in [3.05, 3.63) is 48.0 Å². The summed E-state index contributed by atoms with van der Waals surface area (Å²) in [5, 5.41) is 35.2. The van der Waals surface area contributed by atoms with Crippen molar-refractivity contribution in [2.24, 2.45) is 11.5 Å². The highest BCUT2D eigenvalue weighted by atomic mass is 16.4. The number of H-pyrrole nitrogens is 1. The van der Waals surface area contributed by atoms with E-state index in [0.717, 1.165) is 0 Å². The monoisotopic (exact) mass is 575 g/mol. The molecule has 2 rings (SSSR count). The minimum Gasteiger partial charge on any atom is -0.508 e. The van der Waals surface area contributed by atoms with Gasteiger partial charge < -0.3 is 47.7 Å². The van der Waals surface area contributed by atoms with Gasteiger partial charge in [-0.3, -0.25) is 24.0 Å². The summed E-state index contributed by atoms with van der Waals surface area (Å²) in [4.78, 5) is 79.5. The van der Waals surface area contributed by atoms with E-state index in [1.165, 1.54) is 36.8 Å². The van der Waals surface area contributed by atoms with Crippen molar-refractivity contribution >= 4 is 35.6 Å². The third kappa shape index (κ3) is 11.3. The Labute approximate surface area is 233 Å². The van der Waals surface area contributed by atoms with Gasteiger partial charge in [0.2, 0.25) is 23.6 Å². The number of nitrogens with zero attached hydrogens (tertiary/aromatic N) is 1. The van der Waals surface area contributed by atoms with Crippen LogP contribution in [-0.2, 0) is 41.6 Å². The molecule has 4 amide bonds. The van der Waals surface area contributed by atoms with E-state index in [-0.39, 0.29) is 44.3 Å². The molecule has 0 saturated carbocycles. The molecule has 0 aliphatic rings. The fourth-order valence-electron chi connectivity index (χ4n) is 3.68. The van der Waals surface area contributed by atoms with Gasteiger partial charge in [-0.05, 0) is 30.5 Å². The highest BCUT2D eigenvalue weighted by molar-refractivity contribution is 5.94. The fraction of sp³-hybridized carbons (Fsp3) is 0.400. The van der Waals surface area contributed by atoms with Crippen molar-refractivity contribution in [3.8, 4) is 5.75 Å². The molecular weight excluding hydrogens is 542 g/mol. The number of nitrogens with two attached hydrogens (primary N) is 2. The summed E-state index contributed by atoms with van der Waals surface area (Å²) in [6, 6.07) is 0.340. The number of rotatable bonds is 17. The first kappa shape index (κ1) is 32.2. The van der Waals surface area contributed by atoms with Gasteiger partial charge in [-0.2, -0.15) is 0 Å². The molecule has 0 radical (unpaired) electrons. The number of phenolic OH excluding ortho intramolecular Hbond substituents is 1. The molecule has 4 atom stereocenters. The number of carboxylic acids is 2. The first-order chi connectivity index (χ1) is 19.3. The van der Waals surface area contributed by atoms with Crippen LogP contribution in [0.4, 0.5) is 0 Å². The summed E-state index contributed by atoms with van der Waals surface area (Å²) < 4.78 is 0. The zero-order valence-electron chi connectivity index (χ0n) is 21.9. The van der Waals surface area contributed by atoms with Gasteiger partial charge in [0.15, 0.2) is 0 Å². The number of carbonyl (C=O) groups is 6. The van der Waals surface area contributed by atoms with Crippen LogP contribution in [0.5, 0.6) is 5.75 Å². The van der Waals surface area contributed by atoms with Crippen LogP contribution in [-0.4, -0.2) is 85.0 Å². The maximum absolute atomic E-state index is 13.4. The number of amides is 4. The zero-order chi connectivity index (χ0) is 30.5. The van der Waals surface area contributed by atoms with E-state index in [0.29, 0.717) is 11.3 Å². The number of aromatic amines is 1. The van der Waals surface area contributed by atoms with Crippen LogP contribution in [0.25, 0.3) is 0 Å². The smallest absolute Gasteiger partial charge is 0.326 e. The van der Waals surface area contributed by atoms with Gasteiger partial charge >= 0.3 is 11.9 Å². The molecule has 4 unspecified atom stereocenters. The number of nitrogens with one attached hydrogen (secondary N) is 4. The van der Waals surface area contributed by atoms with Gasteiger partial charge in [0, 0.05) is 37.6 Å². The number of hydrogen-bond donors (Lipinski definition) is 9. The third-order valence-corrected chi connectivity index (χ3v) is 5.92. The third-order valence-electron chi connectivity index (χ3n) is 5.92. The number of imidazole rings is 1. The number of carboxylic acid groups (broad SMARTS) is 2. The van der Waals surface area contributed by atoms with E-state index >= 15 is 0 Å². The van der Waals surface area contributed by atoms with E-state index < -0.39 is 59.7 Å². The Morgan fingerprint density at radius 2 is 1.41 bits per heavy atom. The molecule has 11 N–H and O–H groups in total. The topological polar surface area (TPSA) is 280 Å². The molecule has 16 nitrogen and oxygen atoms in total.